The van der Waals surface area contributed by atoms with E-state index < -0.39 is 0 Å². The minimum atomic E-state index is 0.290. The Balaban J connectivity index is 1.72. The molecule has 27 heavy (non-hydrogen) atoms. The topological polar surface area (TPSA) is 73.3 Å². The highest BCUT2D eigenvalue weighted by Crippen LogP contribution is 2.27. The first-order valence-electron chi connectivity index (χ1n) is 9.69. The molecule has 1 fully saturated rings. The van der Waals surface area contributed by atoms with Crippen molar-refractivity contribution in [1.29, 1.82) is 0 Å². The van der Waals surface area contributed by atoms with Crippen LogP contribution >= 0.6 is 0 Å². The van der Waals surface area contributed by atoms with Crippen LogP contribution in [0.15, 0.2) is 23.2 Å². The summed E-state index contributed by atoms with van der Waals surface area (Å²) < 4.78 is 21.8. The number of benzene rings is 1. The molecule has 1 aromatic rings. The third-order valence-electron chi connectivity index (χ3n) is 4.30. The van der Waals surface area contributed by atoms with Gasteiger partial charge >= 0.3 is 0 Å². The van der Waals surface area contributed by atoms with Crippen LogP contribution in [-0.4, -0.2) is 59.2 Å². The predicted molar refractivity (Wildman–Crippen MR) is 107 cm³/mol. The van der Waals surface area contributed by atoms with E-state index in [-0.39, 0.29) is 0 Å². The fraction of sp³-hybridized carbons (Fsp3) is 0.650. The van der Waals surface area contributed by atoms with Gasteiger partial charge < -0.3 is 29.6 Å². The number of nitrogens with zero attached hydrogens (tertiary/aromatic N) is 1. The van der Waals surface area contributed by atoms with Gasteiger partial charge in [-0.3, -0.25) is 0 Å². The Labute approximate surface area is 162 Å². The number of ether oxygens (including phenoxy) is 4. The number of nitrogens with one attached hydrogen (secondary N) is 2. The molecule has 2 rings (SSSR count). The van der Waals surface area contributed by atoms with Crippen molar-refractivity contribution in [3.63, 3.8) is 0 Å². The van der Waals surface area contributed by atoms with Crippen LogP contribution in [0.25, 0.3) is 0 Å². The maximum absolute atomic E-state index is 5.68. The van der Waals surface area contributed by atoms with Gasteiger partial charge in [-0.15, -0.1) is 0 Å². The molecular weight excluding hydrogens is 346 g/mol. The number of hydrogen-bond donors (Lipinski definition) is 2. The second-order valence-corrected chi connectivity index (χ2v) is 6.37. The molecule has 0 spiro atoms. The highest BCUT2D eigenvalue weighted by molar-refractivity contribution is 5.79. The van der Waals surface area contributed by atoms with Crippen molar-refractivity contribution in [2.75, 3.05) is 47.1 Å². The van der Waals surface area contributed by atoms with E-state index in [9.17, 15) is 0 Å². The minimum Gasteiger partial charge on any atom is -0.493 e. The number of rotatable bonds is 11. The quantitative estimate of drug-likeness (QED) is 0.349. The largest absolute Gasteiger partial charge is 0.493 e. The standard InChI is InChI=1S/C20H33N3O4/c1-4-21-20(22-10-6-11-26-15-17-7-5-12-27-17)23-14-16-8-9-18(24-2)19(13-16)25-3/h8-9,13,17H,4-7,10-12,14-15H2,1-3H3,(H2,21,22,23). The Bertz CT molecular complexity index is 574. The van der Waals surface area contributed by atoms with Crippen LogP contribution in [0.3, 0.4) is 0 Å². The molecule has 7 heteroatoms. The lowest BCUT2D eigenvalue weighted by Crippen LogP contribution is -2.38. The van der Waals surface area contributed by atoms with Crippen molar-refractivity contribution in [2.45, 2.75) is 38.8 Å². The molecule has 1 aromatic carbocycles. The van der Waals surface area contributed by atoms with Gasteiger partial charge in [-0.25, -0.2) is 4.99 Å². The highest BCUT2D eigenvalue weighted by atomic mass is 16.5. The maximum atomic E-state index is 5.68. The van der Waals surface area contributed by atoms with Gasteiger partial charge in [0, 0.05) is 26.3 Å². The second-order valence-electron chi connectivity index (χ2n) is 6.37. The Morgan fingerprint density at radius 2 is 2.07 bits per heavy atom. The SMILES string of the molecule is CCNC(=NCc1ccc(OC)c(OC)c1)NCCCOCC1CCCO1. The fourth-order valence-electron chi connectivity index (χ4n) is 2.86. The number of guanidine groups is 1. The lowest BCUT2D eigenvalue weighted by atomic mass is 10.2. The predicted octanol–water partition coefficient (Wildman–Crippen LogP) is 2.34. The highest BCUT2D eigenvalue weighted by Gasteiger charge is 2.14. The molecule has 2 N–H and O–H groups in total. The molecule has 1 saturated heterocycles. The molecule has 7 nitrogen and oxygen atoms in total. The van der Waals surface area contributed by atoms with E-state index in [0.29, 0.717) is 25.0 Å². The van der Waals surface area contributed by atoms with E-state index in [1.54, 1.807) is 14.2 Å². The average Bonchev–Trinajstić information content (AvgIpc) is 3.21. The zero-order chi connectivity index (χ0) is 19.3. The van der Waals surface area contributed by atoms with E-state index in [1.165, 1.54) is 0 Å². The Kier molecular flexibility index (Phi) is 9.79. The van der Waals surface area contributed by atoms with E-state index >= 15 is 0 Å². The second kappa shape index (κ2) is 12.4. The summed E-state index contributed by atoms with van der Waals surface area (Å²) >= 11 is 0. The first-order valence-corrected chi connectivity index (χ1v) is 9.69. The normalized spacial score (nSPS) is 17.0. The molecule has 1 atom stereocenters. The summed E-state index contributed by atoms with van der Waals surface area (Å²) in [5.41, 5.74) is 1.06. The lowest BCUT2D eigenvalue weighted by Gasteiger charge is -2.13. The first-order chi connectivity index (χ1) is 13.3. The Morgan fingerprint density at radius 3 is 2.78 bits per heavy atom. The van der Waals surface area contributed by atoms with Gasteiger partial charge in [0.05, 0.1) is 33.5 Å². The summed E-state index contributed by atoms with van der Waals surface area (Å²) in [5.74, 6) is 2.23. The van der Waals surface area contributed by atoms with Crippen LogP contribution in [-0.2, 0) is 16.0 Å². The number of hydrogen-bond acceptors (Lipinski definition) is 5. The van der Waals surface area contributed by atoms with Crippen molar-refractivity contribution in [3.05, 3.63) is 23.8 Å². The molecule has 0 saturated carbocycles. The van der Waals surface area contributed by atoms with E-state index in [0.717, 1.165) is 62.8 Å². The molecule has 1 aliphatic rings. The lowest BCUT2D eigenvalue weighted by molar-refractivity contribution is 0.0168. The van der Waals surface area contributed by atoms with Crippen LogP contribution in [0, 0.1) is 0 Å². The minimum absolute atomic E-state index is 0.290. The maximum Gasteiger partial charge on any atom is 0.191 e. The fourth-order valence-corrected chi connectivity index (χ4v) is 2.86. The molecule has 152 valence electrons. The summed E-state index contributed by atoms with van der Waals surface area (Å²) in [4.78, 5) is 4.63. The first kappa shape index (κ1) is 21.3. The molecule has 0 radical (unpaired) electrons. The molecule has 0 amide bonds. The molecule has 0 aromatic heterocycles. The van der Waals surface area contributed by atoms with E-state index in [2.05, 4.69) is 22.5 Å². The third-order valence-corrected chi connectivity index (χ3v) is 4.30. The van der Waals surface area contributed by atoms with Crippen LogP contribution in [0.1, 0.15) is 31.7 Å². The van der Waals surface area contributed by atoms with Crippen LogP contribution in [0.2, 0.25) is 0 Å². The van der Waals surface area contributed by atoms with E-state index in [1.807, 2.05) is 18.2 Å². The summed E-state index contributed by atoms with van der Waals surface area (Å²) in [6.07, 6.45) is 3.48. The van der Waals surface area contributed by atoms with Crippen molar-refractivity contribution in [1.82, 2.24) is 10.6 Å². The zero-order valence-electron chi connectivity index (χ0n) is 16.8. The van der Waals surface area contributed by atoms with Crippen molar-refractivity contribution in [3.8, 4) is 11.5 Å². The van der Waals surface area contributed by atoms with Gasteiger partial charge in [0.15, 0.2) is 17.5 Å². The van der Waals surface area contributed by atoms with Crippen molar-refractivity contribution < 1.29 is 18.9 Å². The molecule has 1 aliphatic heterocycles. The molecule has 1 unspecified atom stereocenters. The zero-order valence-corrected chi connectivity index (χ0v) is 16.8. The van der Waals surface area contributed by atoms with Gasteiger partial charge in [-0.05, 0) is 43.9 Å². The van der Waals surface area contributed by atoms with Gasteiger partial charge in [0.25, 0.3) is 0 Å². The summed E-state index contributed by atoms with van der Waals surface area (Å²) in [6.45, 7) is 6.54. The monoisotopic (exact) mass is 379 g/mol. The Hall–Kier alpha value is -1.99. The van der Waals surface area contributed by atoms with E-state index in [4.69, 9.17) is 18.9 Å². The van der Waals surface area contributed by atoms with Gasteiger partial charge in [0.2, 0.25) is 0 Å². The van der Waals surface area contributed by atoms with Gasteiger partial charge in [-0.2, -0.15) is 0 Å². The number of aliphatic imine (C=N–C) groups is 1. The molecule has 0 aliphatic carbocycles. The molecule has 1 heterocycles. The Morgan fingerprint density at radius 1 is 1.22 bits per heavy atom. The molecule has 0 bridgehead atoms. The summed E-state index contributed by atoms with van der Waals surface area (Å²) in [6, 6.07) is 5.84. The number of methoxy groups -OCH3 is 2. The van der Waals surface area contributed by atoms with Crippen LogP contribution < -0.4 is 20.1 Å². The van der Waals surface area contributed by atoms with Crippen molar-refractivity contribution >= 4 is 5.96 Å². The van der Waals surface area contributed by atoms with Gasteiger partial charge in [0.1, 0.15) is 0 Å². The van der Waals surface area contributed by atoms with Crippen LogP contribution in [0.5, 0.6) is 11.5 Å². The summed E-state index contributed by atoms with van der Waals surface area (Å²) in [5, 5.41) is 6.60. The molecular formula is C20H33N3O4. The van der Waals surface area contributed by atoms with Gasteiger partial charge in [-0.1, -0.05) is 6.07 Å². The van der Waals surface area contributed by atoms with Crippen molar-refractivity contribution in [2.24, 2.45) is 4.99 Å². The summed E-state index contributed by atoms with van der Waals surface area (Å²) in [7, 11) is 3.27. The smallest absolute Gasteiger partial charge is 0.191 e. The third kappa shape index (κ3) is 7.64. The van der Waals surface area contributed by atoms with Crippen LogP contribution in [0.4, 0.5) is 0 Å². The average molecular weight is 380 g/mol.